The van der Waals surface area contributed by atoms with Crippen LogP contribution in [0.5, 0.6) is 0 Å². The normalized spacial score (nSPS) is 10.0. The van der Waals surface area contributed by atoms with E-state index >= 15 is 0 Å². The summed E-state index contributed by atoms with van der Waals surface area (Å²) in [5, 5.41) is 0.389. The summed E-state index contributed by atoms with van der Waals surface area (Å²) >= 11 is 5.76. The Morgan fingerprint density at radius 2 is 2.07 bits per heavy atom. The molecule has 0 spiro atoms. The van der Waals surface area contributed by atoms with Gasteiger partial charge < -0.3 is 16.2 Å². The zero-order valence-electron chi connectivity index (χ0n) is 8.42. The fourth-order valence-corrected chi connectivity index (χ4v) is 1.34. The van der Waals surface area contributed by atoms with Crippen LogP contribution in [0.1, 0.15) is 12.5 Å². The van der Waals surface area contributed by atoms with Crippen LogP contribution in [0.25, 0.3) is 0 Å². The molecule has 0 radical (unpaired) electrons. The molecule has 0 unspecified atom stereocenters. The largest absolute Gasteiger partial charge is 0.466 e. The summed E-state index contributed by atoms with van der Waals surface area (Å²) in [6, 6.07) is 3.28. The van der Waals surface area contributed by atoms with Crippen molar-refractivity contribution in [3.8, 4) is 0 Å². The van der Waals surface area contributed by atoms with Crippen molar-refractivity contribution >= 4 is 28.9 Å². The highest BCUT2D eigenvalue weighted by Crippen LogP contribution is 2.28. The summed E-state index contributed by atoms with van der Waals surface area (Å²) in [5.74, 6) is -0.328. The van der Waals surface area contributed by atoms with Crippen LogP contribution in [0.4, 0.5) is 11.4 Å². The second-order valence-corrected chi connectivity index (χ2v) is 3.42. The van der Waals surface area contributed by atoms with E-state index in [1.165, 1.54) is 0 Å². The maximum atomic E-state index is 11.2. The number of hydrogen-bond donors (Lipinski definition) is 2. The molecule has 1 rings (SSSR count). The minimum atomic E-state index is -0.328. The molecule has 0 heterocycles. The van der Waals surface area contributed by atoms with Gasteiger partial charge in [0.25, 0.3) is 0 Å². The second-order valence-electron chi connectivity index (χ2n) is 3.02. The van der Waals surface area contributed by atoms with Crippen LogP contribution >= 0.6 is 11.6 Å². The lowest BCUT2D eigenvalue weighted by Crippen LogP contribution is -2.10. The smallest absolute Gasteiger partial charge is 0.310 e. The van der Waals surface area contributed by atoms with E-state index in [2.05, 4.69) is 0 Å². The average molecular weight is 229 g/mol. The molecule has 82 valence electrons. The molecular weight excluding hydrogens is 216 g/mol. The molecule has 0 amide bonds. The molecule has 4 N–H and O–H groups in total. The molecule has 0 atom stereocenters. The Morgan fingerprint density at radius 3 is 2.67 bits per heavy atom. The van der Waals surface area contributed by atoms with Gasteiger partial charge in [-0.05, 0) is 18.6 Å². The monoisotopic (exact) mass is 228 g/mol. The zero-order chi connectivity index (χ0) is 11.4. The Bertz CT molecular complexity index is 380. The van der Waals surface area contributed by atoms with Crippen LogP contribution in [0.15, 0.2) is 12.1 Å². The van der Waals surface area contributed by atoms with Crippen LogP contribution in [0.2, 0.25) is 5.02 Å². The Balaban J connectivity index is 2.87. The van der Waals surface area contributed by atoms with Crippen molar-refractivity contribution in [1.82, 2.24) is 0 Å². The lowest BCUT2D eigenvalue weighted by molar-refractivity contribution is -0.142. The summed E-state index contributed by atoms with van der Waals surface area (Å²) < 4.78 is 4.80. The quantitative estimate of drug-likeness (QED) is 0.609. The summed E-state index contributed by atoms with van der Waals surface area (Å²) in [7, 11) is 0. The number of carbonyl (C=O) groups is 1. The number of benzene rings is 1. The number of carbonyl (C=O) groups excluding carboxylic acids is 1. The molecule has 0 saturated heterocycles. The van der Waals surface area contributed by atoms with Gasteiger partial charge in [-0.25, -0.2) is 0 Å². The third kappa shape index (κ3) is 2.76. The number of anilines is 2. The van der Waals surface area contributed by atoms with Crippen molar-refractivity contribution in [3.05, 3.63) is 22.7 Å². The number of esters is 1. The van der Waals surface area contributed by atoms with Gasteiger partial charge in [-0.1, -0.05) is 17.7 Å². The van der Waals surface area contributed by atoms with Crippen LogP contribution < -0.4 is 11.5 Å². The molecule has 0 aliphatic rings. The number of ether oxygens (including phenoxy) is 1. The molecule has 15 heavy (non-hydrogen) atoms. The average Bonchev–Trinajstić information content (AvgIpc) is 2.20. The molecule has 1 aromatic carbocycles. The summed E-state index contributed by atoms with van der Waals surface area (Å²) in [5.41, 5.74) is 12.6. The lowest BCUT2D eigenvalue weighted by atomic mass is 10.1. The number of nitrogens with two attached hydrogens (primary N) is 2. The molecule has 0 aliphatic heterocycles. The highest BCUT2D eigenvalue weighted by Gasteiger charge is 2.10. The van der Waals surface area contributed by atoms with Crippen molar-refractivity contribution in [1.29, 1.82) is 0 Å². The highest BCUT2D eigenvalue weighted by molar-refractivity contribution is 6.33. The summed E-state index contributed by atoms with van der Waals surface area (Å²) in [6.45, 7) is 2.10. The summed E-state index contributed by atoms with van der Waals surface area (Å²) in [4.78, 5) is 11.2. The minimum Gasteiger partial charge on any atom is -0.466 e. The highest BCUT2D eigenvalue weighted by atomic mass is 35.5. The predicted molar refractivity (Wildman–Crippen MR) is 60.6 cm³/mol. The van der Waals surface area contributed by atoms with Gasteiger partial charge in [0, 0.05) is 0 Å². The number of nitrogen functional groups attached to an aromatic ring is 2. The Labute approximate surface area is 93.1 Å². The Hall–Kier alpha value is -1.42. The van der Waals surface area contributed by atoms with Crippen molar-refractivity contribution in [2.24, 2.45) is 0 Å². The fraction of sp³-hybridized carbons (Fsp3) is 0.300. The van der Waals surface area contributed by atoms with Crippen molar-refractivity contribution in [2.45, 2.75) is 13.3 Å². The maximum absolute atomic E-state index is 11.2. The van der Waals surface area contributed by atoms with Crippen LogP contribution in [-0.2, 0) is 16.0 Å². The van der Waals surface area contributed by atoms with Gasteiger partial charge in [0.1, 0.15) is 0 Å². The first-order valence-electron chi connectivity index (χ1n) is 4.54. The van der Waals surface area contributed by atoms with E-state index in [1.807, 2.05) is 0 Å². The molecular formula is C10H13ClN2O2. The van der Waals surface area contributed by atoms with Crippen LogP contribution in [-0.4, -0.2) is 12.6 Å². The van der Waals surface area contributed by atoms with Gasteiger partial charge in [-0.15, -0.1) is 0 Å². The van der Waals surface area contributed by atoms with E-state index in [9.17, 15) is 4.79 Å². The standard InChI is InChI=1S/C10H13ClN2O2/c1-2-15-8(14)5-6-3-4-7(11)10(13)9(6)12/h3-4H,2,5,12-13H2,1H3. The SMILES string of the molecule is CCOC(=O)Cc1ccc(Cl)c(N)c1N. The molecule has 0 fully saturated rings. The Kier molecular flexibility index (Phi) is 3.80. The van der Waals surface area contributed by atoms with Crippen molar-refractivity contribution in [3.63, 3.8) is 0 Å². The molecule has 0 aliphatic carbocycles. The van der Waals surface area contributed by atoms with E-state index in [-0.39, 0.29) is 12.4 Å². The number of halogens is 1. The van der Waals surface area contributed by atoms with E-state index in [0.717, 1.165) is 0 Å². The number of hydrogen-bond acceptors (Lipinski definition) is 4. The van der Waals surface area contributed by atoms with Gasteiger partial charge in [0.05, 0.1) is 29.4 Å². The predicted octanol–water partition coefficient (Wildman–Crippen LogP) is 1.61. The topological polar surface area (TPSA) is 78.3 Å². The molecule has 1 aromatic rings. The zero-order valence-corrected chi connectivity index (χ0v) is 9.17. The lowest BCUT2D eigenvalue weighted by Gasteiger charge is -2.08. The second kappa shape index (κ2) is 4.89. The first kappa shape index (κ1) is 11.7. The van der Waals surface area contributed by atoms with Gasteiger partial charge >= 0.3 is 5.97 Å². The van der Waals surface area contributed by atoms with E-state index < -0.39 is 0 Å². The maximum Gasteiger partial charge on any atom is 0.310 e. The van der Waals surface area contributed by atoms with E-state index in [0.29, 0.717) is 28.6 Å². The van der Waals surface area contributed by atoms with E-state index in [4.69, 9.17) is 27.8 Å². The molecule has 0 saturated carbocycles. The van der Waals surface area contributed by atoms with Crippen LogP contribution in [0, 0.1) is 0 Å². The van der Waals surface area contributed by atoms with Crippen LogP contribution in [0.3, 0.4) is 0 Å². The Morgan fingerprint density at radius 1 is 1.40 bits per heavy atom. The minimum absolute atomic E-state index is 0.112. The molecule has 5 heteroatoms. The van der Waals surface area contributed by atoms with Gasteiger partial charge in [0.2, 0.25) is 0 Å². The first-order valence-corrected chi connectivity index (χ1v) is 4.92. The number of rotatable bonds is 3. The molecule has 4 nitrogen and oxygen atoms in total. The van der Waals surface area contributed by atoms with Gasteiger partial charge in [-0.2, -0.15) is 0 Å². The first-order chi connectivity index (χ1) is 7.06. The van der Waals surface area contributed by atoms with Crippen molar-refractivity contribution < 1.29 is 9.53 Å². The third-order valence-electron chi connectivity index (χ3n) is 1.96. The third-order valence-corrected chi connectivity index (χ3v) is 2.29. The molecule has 0 bridgehead atoms. The van der Waals surface area contributed by atoms with Gasteiger partial charge in [-0.3, -0.25) is 4.79 Å². The van der Waals surface area contributed by atoms with E-state index in [1.54, 1.807) is 19.1 Å². The summed E-state index contributed by atoms with van der Waals surface area (Å²) in [6.07, 6.45) is 0.112. The van der Waals surface area contributed by atoms with Crippen molar-refractivity contribution in [2.75, 3.05) is 18.1 Å². The molecule has 0 aromatic heterocycles. The van der Waals surface area contributed by atoms with Gasteiger partial charge in [0.15, 0.2) is 0 Å². The fourth-order valence-electron chi connectivity index (χ4n) is 1.18.